The lowest BCUT2D eigenvalue weighted by molar-refractivity contribution is 0.254. The van der Waals surface area contributed by atoms with E-state index in [4.69, 9.17) is 4.74 Å². The average Bonchev–Trinajstić information content (AvgIpc) is 2.47. The van der Waals surface area contributed by atoms with Gasteiger partial charge < -0.3 is 4.74 Å². The van der Waals surface area contributed by atoms with Crippen LogP contribution in [0, 0.1) is 5.82 Å². The Morgan fingerprint density at radius 3 is 2.62 bits per heavy atom. The average molecular weight is 307 g/mol. The maximum atomic E-state index is 13.6. The molecule has 0 saturated heterocycles. The van der Waals surface area contributed by atoms with E-state index in [0.717, 1.165) is 17.4 Å². The van der Waals surface area contributed by atoms with E-state index in [1.54, 1.807) is 0 Å². The molecule has 0 aliphatic carbocycles. The molecule has 0 saturated carbocycles. The van der Waals surface area contributed by atoms with Crippen molar-refractivity contribution >= 4 is 10.0 Å². The summed E-state index contributed by atoms with van der Waals surface area (Å²) >= 11 is 0. The first-order chi connectivity index (χ1) is 10.1. The molecule has 110 valence electrons. The predicted octanol–water partition coefficient (Wildman–Crippen LogP) is 2.11. The van der Waals surface area contributed by atoms with Gasteiger partial charge in [0.05, 0.1) is 6.04 Å². The van der Waals surface area contributed by atoms with E-state index < -0.39 is 21.9 Å². The first kappa shape index (κ1) is 14.0. The Kier molecular flexibility index (Phi) is 3.65. The van der Waals surface area contributed by atoms with Crippen LogP contribution in [0.2, 0.25) is 0 Å². The van der Waals surface area contributed by atoms with Crippen molar-refractivity contribution in [1.29, 1.82) is 0 Å². The van der Waals surface area contributed by atoms with Crippen LogP contribution in [0.1, 0.15) is 5.56 Å². The lowest BCUT2D eigenvalue weighted by atomic mass is 10.0. The van der Waals surface area contributed by atoms with Crippen LogP contribution in [-0.4, -0.2) is 21.1 Å². The quantitative estimate of drug-likeness (QED) is 0.945. The van der Waals surface area contributed by atoms with Gasteiger partial charge in [-0.3, -0.25) is 0 Å². The maximum absolute atomic E-state index is 13.6. The Hall–Kier alpha value is -1.92. The van der Waals surface area contributed by atoms with Crippen LogP contribution in [0.15, 0.2) is 53.4 Å². The molecule has 0 amide bonds. The second-order valence-electron chi connectivity index (χ2n) is 4.87. The van der Waals surface area contributed by atoms with Crippen molar-refractivity contribution in [3.8, 4) is 5.75 Å². The van der Waals surface area contributed by atoms with Crippen molar-refractivity contribution in [3.05, 3.63) is 59.9 Å². The van der Waals surface area contributed by atoms with Gasteiger partial charge in [0, 0.05) is 0 Å². The number of sulfonamides is 1. The highest BCUT2D eigenvalue weighted by molar-refractivity contribution is 7.89. The number of para-hydroxylation sites is 1. The third-order valence-corrected chi connectivity index (χ3v) is 4.88. The first-order valence-corrected chi connectivity index (χ1v) is 8.02. The molecule has 21 heavy (non-hydrogen) atoms. The number of hydrogen-bond donors (Lipinski definition) is 1. The number of ether oxygens (including phenoxy) is 1. The third kappa shape index (κ3) is 2.91. The third-order valence-electron chi connectivity index (χ3n) is 3.33. The second kappa shape index (κ2) is 5.46. The van der Waals surface area contributed by atoms with E-state index in [1.165, 1.54) is 18.2 Å². The summed E-state index contributed by atoms with van der Waals surface area (Å²) in [5, 5.41) is 0. The Morgan fingerprint density at radius 2 is 1.81 bits per heavy atom. The number of fused-ring (bicyclic) bond motifs is 1. The van der Waals surface area contributed by atoms with Gasteiger partial charge in [0.1, 0.15) is 23.1 Å². The lowest BCUT2D eigenvalue weighted by Gasteiger charge is -2.25. The highest BCUT2D eigenvalue weighted by Crippen LogP contribution is 2.25. The van der Waals surface area contributed by atoms with Gasteiger partial charge in [0.25, 0.3) is 0 Å². The zero-order valence-electron chi connectivity index (χ0n) is 11.1. The minimum absolute atomic E-state index is 0.227. The minimum Gasteiger partial charge on any atom is -0.492 e. The maximum Gasteiger partial charge on any atom is 0.243 e. The molecular formula is C15H14FNO3S. The van der Waals surface area contributed by atoms with Gasteiger partial charge in [-0.1, -0.05) is 30.3 Å². The summed E-state index contributed by atoms with van der Waals surface area (Å²) in [7, 11) is -3.90. The summed E-state index contributed by atoms with van der Waals surface area (Å²) in [6.07, 6.45) is 0.518. The van der Waals surface area contributed by atoms with Crippen molar-refractivity contribution < 1.29 is 17.5 Å². The molecule has 0 fully saturated rings. The normalized spacial score (nSPS) is 17.9. The summed E-state index contributed by atoms with van der Waals surface area (Å²) in [6.45, 7) is 0.227. The van der Waals surface area contributed by atoms with Crippen molar-refractivity contribution in [1.82, 2.24) is 4.72 Å². The number of rotatable bonds is 3. The van der Waals surface area contributed by atoms with Crippen LogP contribution in [-0.2, 0) is 16.4 Å². The molecule has 1 heterocycles. The Morgan fingerprint density at radius 1 is 1.10 bits per heavy atom. The molecule has 2 aromatic rings. The Bertz CT molecular complexity index is 761. The van der Waals surface area contributed by atoms with Crippen LogP contribution < -0.4 is 9.46 Å². The second-order valence-corrected chi connectivity index (χ2v) is 6.55. The molecule has 3 rings (SSSR count). The lowest BCUT2D eigenvalue weighted by Crippen LogP contribution is -2.42. The summed E-state index contributed by atoms with van der Waals surface area (Å²) < 4.78 is 46.1. The number of hydrogen-bond acceptors (Lipinski definition) is 3. The van der Waals surface area contributed by atoms with E-state index in [1.807, 2.05) is 24.3 Å². The van der Waals surface area contributed by atoms with E-state index in [9.17, 15) is 12.8 Å². The van der Waals surface area contributed by atoms with E-state index in [-0.39, 0.29) is 11.5 Å². The summed E-state index contributed by atoms with van der Waals surface area (Å²) in [4.78, 5) is -0.344. The van der Waals surface area contributed by atoms with E-state index in [2.05, 4.69) is 4.72 Å². The molecule has 0 aromatic heterocycles. The van der Waals surface area contributed by atoms with Crippen LogP contribution in [0.5, 0.6) is 5.75 Å². The zero-order valence-corrected chi connectivity index (χ0v) is 11.9. The smallest absolute Gasteiger partial charge is 0.243 e. The molecule has 2 aromatic carbocycles. The number of halogens is 1. The van der Waals surface area contributed by atoms with Crippen molar-refractivity contribution in [2.45, 2.75) is 17.4 Å². The molecule has 1 N–H and O–H groups in total. The summed E-state index contributed by atoms with van der Waals surface area (Å²) in [5.74, 6) is 0.000896. The highest BCUT2D eigenvalue weighted by atomic mass is 32.2. The molecule has 0 radical (unpaired) electrons. The van der Waals surface area contributed by atoms with Gasteiger partial charge in [0.15, 0.2) is 0 Å². The largest absolute Gasteiger partial charge is 0.492 e. The SMILES string of the molecule is O=S(=O)(N[C@@H]1COc2ccccc2C1)c1ccccc1F. The monoisotopic (exact) mass is 307 g/mol. The van der Waals surface area contributed by atoms with Crippen LogP contribution in [0.25, 0.3) is 0 Å². The fourth-order valence-electron chi connectivity index (χ4n) is 2.35. The molecular weight excluding hydrogens is 293 g/mol. The zero-order chi connectivity index (χ0) is 14.9. The molecule has 1 atom stereocenters. The van der Waals surface area contributed by atoms with Gasteiger partial charge in [-0.2, -0.15) is 0 Å². The van der Waals surface area contributed by atoms with Crippen LogP contribution in [0.3, 0.4) is 0 Å². The van der Waals surface area contributed by atoms with E-state index >= 15 is 0 Å². The van der Waals surface area contributed by atoms with Crippen LogP contribution >= 0.6 is 0 Å². The van der Waals surface area contributed by atoms with Gasteiger partial charge >= 0.3 is 0 Å². The molecule has 0 bridgehead atoms. The predicted molar refractivity (Wildman–Crippen MR) is 76.2 cm³/mol. The van der Waals surface area contributed by atoms with Gasteiger partial charge in [0.2, 0.25) is 10.0 Å². The highest BCUT2D eigenvalue weighted by Gasteiger charge is 2.26. The molecule has 6 heteroatoms. The molecule has 1 aliphatic rings. The van der Waals surface area contributed by atoms with Gasteiger partial charge in [-0.05, 0) is 30.2 Å². The molecule has 4 nitrogen and oxygen atoms in total. The number of benzene rings is 2. The molecule has 1 aliphatic heterocycles. The first-order valence-electron chi connectivity index (χ1n) is 6.54. The van der Waals surface area contributed by atoms with Crippen molar-refractivity contribution in [2.75, 3.05) is 6.61 Å². The fraction of sp³-hybridized carbons (Fsp3) is 0.200. The summed E-state index contributed by atoms with van der Waals surface area (Å²) in [5.41, 5.74) is 0.935. The van der Waals surface area contributed by atoms with E-state index in [0.29, 0.717) is 6.42 Å². The van der Waals surface area contributed by atoms with Gasteiger partial charge in [-0.15, -0.1) is 0 Å². The fourth-order valence-corrected chi connectivity index (χ4v) is 3.65. The number of nitrogens with one attached hydrogen (secondary N) is 1. The Balaban J connectivity index is 1.80. The molecule has 0 unspecified atom stereocenters. The van der Waals surface area contributed by atoms with Crippen molar-refractivity contribution in [2.24, 2.45) is 0 Å². The van der Waals surface area contributed by atoms with Crippen LogP contribution in [0.4, 0.5) is 4.39 Å². The van der Waals surface area contributed by atoms with Gasteiger partial charge in [-0.25, -0.2) is 17.5 Å². The van der Waals surface area contributed by atoms with Crippen molar-refractivity contribution in [3.63, 3.8) is 0 Å². The minimum atomic E-state index is -3.90. The topological polar surface area (TPSA) is 55.4 Å². The standard InChI is InChI=1S/C15H14FNO3S/c16-13-6-2-4-8-15(13)21(18,19)17-12-9-11-5-1-3-7-14(11)20-10-12/h1-8,12,17H,9-10H2/t12-/m0/s1. The Labute approximate surface area is 122 Å². The molecule has 0 spiro atoms. The summed E-state index contributed by atoms with van der Waals surface area (Å²) in [6, 6.07) is 12.4.